The minimum Gasteiger partial charge on any atom is -0.372 e. The number of hydrogen-bond donors (Lipinski definition) is 1. The Morgan fingerprint density at radius 3 is 3.15 bits per heavy atom. The fourth-order valence-corrected chi connectivity index (χ4v) is 2.29. The zero-order valence-electron chi connectivity index (χ0n) is 11.3. The highest BCUT2D eigenvalue weighted by atomic mass is 16.6. The molecule has 2 rings (SSSR count). The third-order valence-electron chi connectivity index (χ3n) is 3.25. The van der Waals surface area contributed by atoms with E-state index in [1.165, 1.54) is 6.20 Å². The van der Waals surface area contributed by atoms with Gasteiger partial charge in [-0.25, -0.2) is 0 Å². The van der Waals surface area contributed by atoms with E-state index in [4.69, 9.17) is 4.74 Å². The highest BCUT2D eigenvalue weighted by Gasteiger charge is 2.23. The molecule has 0 spiro atoms. The van der Waals surface area contributed by atoms with Gasteiger partial charge in [0, 0.05) is 24.4 Å². The summed E-state index contributed by atoms with van der Waals surface area (Å²) in [6.45, 7) is 2.37. The Labute approximate surface area is 116 Å². The smallest absolute Gasteiger partial charge is 0.287 e. The van der Waals surface area contributed by atoms with Crippen LogP contribution in [-0.2, 0) is 22.4 Å². The van der Waals surface area contributed by atoms with E-state index in [-0.39, 0.29) is 24.2 Å². The lowest BCUT2D eigenvalue weighted by molar-refractivity contribution is -0.385. The number of nitro groups is 1. The molecule has 0 bridgehead atoms. The summed E-state index contributed by atoms with van der Waals surface area (Å²) in [5.41, 5.74) is 1.71. The van der Waals surface area contributed by atoms with E-state index in [1.54, 1.807) is 6.07 Å². The number of aryl methyl sites for hydroxylation is 1. The van der Waals surface area contributed by atoms with E-state index in [9.17, 15) is 14.9 Å². The highest BCUT2D eigenvalue weighted by Crippen LogP contribution is 2.23. The van der Waals surface area contributed by atoms with E-state index in [0.29, 0.717) is 19.4 Å². The molecule has 1 aliphatic rings. The lowest BCUT2D eigenvalue weighted by atomic mass is 9.91. The lowest BCUT2D eigenvalue weighted by Crippen LogP contribution is -2.40. The van der Waals surface area contributed by atoms with Gasteiger partial charge in [-0.3, -0.25) is 19.9 Å². The Hall–Kier alpha value is -2.02. The summed E-state index contributed by atoms with van der Waals surface area (Å²) in [4.78, 5) is 26.0. The van der Waals surface area contributed by atoms with Gasteiger partial charge in [0.15, 0.2) is 0 Å². The third-order valence-corrected chi connectivity index (χ3v) is 3.25. The van der Waals surface area contributed by atoms with Gasteiger partial charge in [0.25, 0.3) is 5.69 Å². The molecule has 108 valence electrons. The minimum atomic E-state index is -0.454. The molecule has 0 unspecified atom stereocenters. The molecule has 0 radical (unpaired) electrons. The maximum absolute atomic E-state index is 11.6. The first-order valence-corrected chi connectivity index (χ1v) is 6.59. The number of hydrogen-bond acceptors (Lipinski definition) is 5. The number of fused-ring (bicyclic) bond motifs is 1. The Balaban J connectivity index is 2.00. The van der Waals surface area contributed by atoms with Crippen molar-refractivity contribution in [2.75, 3.05) is 13.2 Å². The van der Waals surface area contributed by atoms with Crippen molar-refractivity contribution >= 4 is 11.6 Å². The molecule has 0 aromatic carbocycles. The van der Waals surface area contributed by atoms with Crippen LogP contribution in [0.1, 0.15) is 24.6 Å². The van der Waals surface area contributed by atoms with Crippen LogP contribution in [0.2, 0.25) is 0 Å². The first-order valence-electron chi connectivity index (χ1n) is 6.59. The molecule has 1 amide bonds. The van der Waals surface area contributed by atoms with Crippen LogP contribution in [-0.4, -0.2) is 35.1 Å². The second kappa shape index (κ2) is 6.42. The molecular formula is C13H17N3O4. The summed E-state index contributed by atoms with van der Waals surface area (Å²) < 4.78 is 5.04. The van der Waals surface area contributed by atoms with Gasteiger partial charge >= 0.3 is 0 Å². The molecule has 1 atom stereocenters. The zero-order chi connectivity index (χ0) is 14.5. The molecule has 0 fully saturated rings. The molecular weight excluding hydrogens is 262 g/mol. The number of ether oxygens (including phenoxy) is 1. The van der Waals surface area contributed by atoms with Gasteiger partial charge in [-0.1, -0.05) is 0 Å². The first kappa shape index (κ1) is 14.4. The fraction of sp³-hybridized carbons (Fsp3) is 0.538. The lowest BCUT2D eigenvalue weighted by Gasteiger charge is -2.24. The van der Waals surface area contributed by atoms with E-state index in [1.807, 2.05) is 6.92 Å². The summed E-state index contributed by atoms with van der Waals surface area (Å²) in [5.74, 6) is -0.154. The van der Waals surface area contributed by atoms with Crippen molar-refractivity contribution in [3.63, 3.8) is 0 Å². The Morgan fingerprint density at radius 2 is 2.45 bits per heavy atom. The molecule has 0 saturated heterocycles. The molecule has 1 aliphatic carbocycles. The van der Waals surface area contributed by atoms with Crippen LogP contribution in [0, 0.1) is 10.1 Å². The van der Waals surface area contributed by atoms with Gasteiger partial charge in [0.1, 0.15) is 12.8 Å². The predicted octanol–water partition coefficient (Wildman–Crippen LogP) is 1.000. The van der Waals surface area contributed by atoms with E-state index >= 15 is 0 Å². The number of rotatable bonds is 5. The molecule has 0 saturated carbocycles. The van der Waals surface area contributed by atoms with Crippen LogP contribution in [0.15, 0.2) is 12.3 Å². The van der Waals surface area contributed by atoms with Gasteiger partial charge in [-0.2, -0.15) is 0 Å². The van der Waals surface area contributed by atoms with Crippen LogP contribution < -0.4 is 5.32 Å². The van der Waals surface area contributed by atoms with Gasteiger partial charge in [-0.15, -0.1) is 0 Å². The van der Waals surface area contributed by atoms with Crippen molar-refractivity contribution in [1.29, 1.82) is 0 Å². The first-order chi connectivity index (χ1) is 9.60. The average molecular weight is 279 g/mol. The van der Waals surface area contributed by atoms with Crippen LogP contribution in [0.25, 0.3) is 0 Å². The Morgan fingerprint density at radius 1 is 1.65 bits per heavy atom. The summed E-state index contributed by atoms with van der Waals surface area (Å²) in [5, 5.41) is 13.6. The van der Waals surface area contributed by atoms with Gasteiger partial charge < -0.3 is 10.1 Å². The van der Waals surface area contributed by atoms with Crippen molar-refractivity contribution in [3.8, 4) is 0 Å². The van der Waals surface area contributed by atoms with Crippen molar-refractivity contribution in [1.82, 2.24) is 10.3 Å². The maximum Gasteiger partial charge on any atom is 0.287 e. The van der Waals surface area contributed by atoms with Crippen LogP contribution in [0.3, 0.4) is 0 Å². The summed E-state index contributed by atoms with van der Waals surface area (Å²) in [7, 11) is 0. The van der Waals surface area contributed by atoms with Crippen LogP contribution in [0.4, 0.5) is 5.69 Å². The largest absolute Gasteiger partial charge is 0.372 e. The highest BCUT2D eigenvalue weighted by molar-refractivity contribution is 5.77. The normalized spacial score (nSPS) is 17.4. The Kier molecular flexibility index (Phi) is 4.62. The monoisotopic (exact) mass is 279 g/mol. The number of nitrogens with zero attached hydrogens (tertiary/aromatic N) is 2. The quantitative estimate of drug-likeness (QED) is 0.641. The number of amides is 1. The van der Waals surface area contributed by atoms with Gasteiger partial charge in [0.2, 0.25) is 5.91 Å². The fourth-order valence-electron chi connectivity index (χ4n) is 2.29. The van der Waals surface area contributed by atoms with Crippen LogP contribution >= 0.6 is 0 Å². The van der Waals surface area contributed by atoms with Crippen molar-refractivity contribution in [2.24, 2.45) is 0 Å². The second-order valence-electron chi connectivity index (χ2n) is 4.70. The van der Waals surface area contributed by atoms with E-state index in [0.717, 1.165) is 17.7 Å². The summed E-state index contributed by atoms with van der Waals surface area (Å²) >= 11 is 0. The number of aromatic nitrogens is 1. The van der Waals surface area contributed by atoms with Crippen molar-refractivity contribution < 1.29 is 14.5 Å². The number of carbonyl (C=O) groups is 1. The summed E-state index contributed by atoms with van der Waals surface area (Å²) in [6, 6.07) is 1.53. The number of carbonyl (C=O) groups excluding carboxylic acids is 1. The molecule has 1 heterocycles. The van der Waals surface area contributed by atoms with Crippen LogP contribution in [0.5, 0.6) is 0 Å². The molecule has 7 nitrogen and oxygen atoms in total. The van der Waals surface area contributed by atoms with Gasteiger partial charge in [-0.05, 0) is 31.7 Å². The average Bonchev–Trinajstić information content (AvgIpc) is 2.44. The zero-order valence-corrected chi connectivity index (χ0v) is 11.3. The van der Waals surface area contributed by atoms with Gasteiger partial charge in [0.05, 0.1) is 4.92 Å². The topological polar surface area (TPSA) is 94.4 Å². The van der Waals surface area contributed by atoms with Crippen molar-refractivity contribution in [3.05, 3.63) is 33.6 Å². The third kappa shape index (κ3) is 3.51. The standard InChI is InChI=1S/C13H17N3O4/c1-2-20-8-13(17)15-10-3-4-12-9(5-10)6-11(7-14-12)16(18)19/h6-7,10H,2-5,8H2,1H3,(H,15,17)/t10-/m0/s1. The molecule has 1 aromatic rings. The molecule has 1 N–H and O–H groups in total. The molecule has 7 heteroatoms. The van der Waals surface area contributed by atoms with Crippen molar-refractivity contribution in [2.45, 2.75) is 32.2 Å². The summed E-state index contributed by atoms with van der Waals surface area (Å²) in [6.07, 6.45) is 3.36. The molecule has 0 aliphatic heterocycles. The minimum absolute atomic E-state index is 0.00922. The molecule has 20 heavy (non-hydrogen) atoms. The SMILES string of the molecule is CCOCC(=O)N[C@H]1CCc2ncc([N+](=O)[O-])cc2C1. The molecule has 1 aromatic heterocycles. The van der Waals surface area contributed by atoms with E-state index in [2.05, 4.69) is 10.3 Å². The number of pyridine rings is 1. The van der Waals surface area contributed by atoms with E-state index < -0.39 is 4.92 Å². The number of nitrogens with one attached hydrogen (secondary N) is 1. The maximum atomic E-state index is 11.6. The Bertz CT molecular complexity index is 518. The second-order valence-corrected chi connectivity index (χ2v) is 4.70. The predicted molar refractivity (Wildman–Crippen MR) is 71.3 cm³/mol.